The van der Waals surface area contributed by atoms with Crippen LogP contribution in [0.4, 0.5) is 0 Å². The third-order valence-electron chi connectivity index (χ3n) is 2.36. The van der Waals surface area contributed by atoms with Crippen molar-refractivity contribution in [2.24, 2.45) is 0 Å². The van der Waals surface area contributed by atoms with Crippen molar-refractivity contribution >= 4 is 17.3 Å². The molecule has 0 atom stereocenters. The highest BCUT2D eigenvalue weighted by Gasteiger charge is 2.07. The summed E-state index contributed by atoms with van der Waals surface area (Å²) in [5, 5.41) is 27.3. The molecule has 0 bridgehead atoms. The van der Waals surface area contributed by atoms with E-state index in [4.69, 9.17) is 10.2 Å². The van der Waals surface area contributed by atoms with Gasteiger partial charge in [0.2, 0.25) is 0 Å². The zero-order chi connectivity index (χ0) is 13.0. The number of aromatic carboxylic acids is 1. The average Bonchev–Trinajstić information content (AvgIpc) is 2.77. The molecule has 0 saturated carbocycles. The Labute approximate surface area is 108 Å². The van der Waals surface area contributed by atoms with Crippen LogP contribution in [-0.4, -0.2) is 33.0 Å². The van der Waals surface area contributed by atoms with E-state index >= 15 is 0 Å². The van der Waals surface area contributed by atoms with E-state index in [1.807, 2.05) is 6.07 Å². The molecule has 1 heterocycles. The number of carboxylic acids is 1. The van der Waals surface area contributed by atoms with Crippen molar-refractivity contribution < 1.29 is 15.0 Å². The fourth-order valence-corrected chi connectivity index (χ4v) is 2.41. The predicted octanol–water partition coefficient (Wildman–Crippen LogP) is 1.36. The molecule has 2 aromatic rings. The first-order chi connectivity index (χ1) is 8.69. The monoisotopic (exact) mass is 264 g/mol. The van der Waals surface area contributed by atoms with Crippen LogP contribution < -0.4 is 0 Å². The zero-order valence-corrected chi connectivity index (χ0v) is 10.4. The second-order valence-corrected chi connectivity index (χ2v) is 4.89. The van der Waals surface area contributed by atoms with E-state index in [9.17, 15) is 4.79 Å². The summed E-state index contributed by atoms with van der Waals surface area (Å²) in [6.07, 6.45) is 1.07. The van der Waals surface area contributed by atoms with Crippen molar-refractivity contribution in [3.05, 3.63) is 45.4 Å². The molecule has 0 saturated heterocycles. The van der Waals surface area contributed by atoms with E-state index in [1.165, 1.54) is 11.3 Å². The lowest BCUT2D eigenvalue weighted by molar-refractivity contribution is 0.0696. The van der Waals surface area contributed by atoms with Crippen LogP contribution in [0.25, 0.3) is 0 Å². The molecule has 0 amide bonds. The molecule has 2 N–H and O–H groups in total. The van der Waals surface area contributed by atoms with Gasteiger partial charge in [-0.25, -0.2) is 4.79 Å². The third kappa shape index (κ3) is 3.12. The Balaban J connectivity index is 2.12. The maximum Gasteiger partial charge on any atom is 0.335 e. The number of hydrogen-bond acceptors (Lipinski definition) is 5. The maximum atomic E-state index is 10.8. The van der Waals surface area contributed by atoms with Gasteiger partial charge in [0.1, 0.15) is 10.0 Å². The molecule has 0 aliphatic rings. The second-order valence-electron chi connectivity index (χ2n) is 3.75. The Bertz CT molecular complexity index is 554. The standard InChI is InChI=1S/C12H12N2O3S/c15-5-4-10-13-14-11(18-10)7-8-2-1-3-9(6-8)12(16)17/h1-3,6,15H,4-5,7H2,(H,16,17). The summed E-state index contributed by atoms with van der Waals surface area (Å²) in [4.78, 5) is 10.8. The van der Waals surface area contributed by atoms with E-state index in [0.717, 1.165) is 15.6 Å². The van der Waals surface area contributed by atoms with Crippen LogP contribution in [0.2, 0.25) is 0 Å². The Hall–Kier alpha value is -1.79. The quantitative estimate of drug-likeness (QED) is 0.852. The van der Waals surface area contributed by atoms with Crippen LogP contribution in [-0.2, 0) is 12.8 Å². The highest BCUT2D eigenvalue weighted by Crippen LogP contribution is 2.16. The summed E-state index contributed by atoms with van der Waals surface area (Å²) >= 11 is 1.44. The number of carbonyl (C=O) groups is 1. The van der Waals surface area contributed by atoms with Gasteiger partial charge in [0.05, 0.1) is 5.56 Å². The lowest BCUT2D eigenvalue weighted by Crippen LogP contribution is -1.97. The lowest BCUT2D eigenvalue weighted by atomic mass is 10.1. The Kier molecular flexibility index (Phi) is 4.01. The third-order valence-corrected chi connectivity index (χ3v) is 3.35. The highest BCUT2D eigenvalue weighted by molar-refractivity contribution is 7.11. The first-order valence-corrected chi connectivity index (χ1v) is 6.25. The fourth-order valence-electron chi connectivity index (χ4n) is 1.55. The minimum absolute atomic E-state index is 0.0587. The van der Waals surface area contributed by atoms with Gasteiger partial charge in [0.15, 0.2) is 0 Å². The van der Waals surface area contributed by atoms with Crippen LogP contribution in [0.1, 0.15) is 25.9 Å². The topological polar surface area (TPSA) is 83.3 Å². The van der Waals surface area contributed by atoms with Crippen LogP contribution >= 0.6 is 11.3 Å². The van der Waals surface area contributed by atoms with Gasteiger partial charge in [-0.2, -0.15) is 0 Å². The minimum atomic E-state index is -0.935. The fraction of sp³-hybridized carbons (Fsp3) is 0.250. The van der Waals surface area contributed by atoms with Crippen LogP contribution in [0, 0.1) is 0 Å². The average molecular weight is 264 g/mol. The molecule has 0 fully saturated rings. The molecule has 1 aromatic heterocycles. The number of aliphatic hydroxyl groups excluding tert-OH is 1. The molecule has 6 heteroatoms. The predicted molar refractivity (Wildman–Crippen MR) is 66.9 cm³/mol. The van der Waals surface area contributed by atoms with Crippen LogP contribution in [0.5, 0.6) is 0 Å². The SMILES string of the molecule is O=C(O)c1cccc(Cc2nnc(CCO)s2)c1. The first kappa shape index (κ1) is 12.7. The molecule has 2 rings (SSSR count). The number of hydrogen-bond donors (Lipinski definition) is 2. The number of rotatable bonds is 5. The van der Waals surface area contributed by atoms with E-state index < -0.39 is 5.97 Å². The molecular weight excluding hydrogens is 252 g/mol. The summed E-state index contributed by atoms with van der Waals surface area (Å²) in [5.41, 5.74) is 1.16. The van der Waals surface area contributed by atoms with Crippen molar-refractivity contribution in [2.75, 3.05) is 6.61 Å². The summed E-state index contributed by atoms with van der Waals surface area (Å²) in [6.45, 7) is 0.0587. The number of nitrogens with zero attached hydrogens (tertiary/aromatic N) is 2. The molecule has 5 nitrogen and oxygen atoms in total. The van der Waals surface area contributed by atoms with Gasteiger partial charge >= 0.3 is 5.97 Å². The smallest absolute Gasteiger partial charge is 0.335 e. The molecular formula is C12H12N2O3S. The Morgan fingerprint density at radius 1 is 1.28 bits per heavy atom. The van der Waals surface area contributed by atoms with Gasteiger partial charge in [-0.3, -0.25) is 0 Å². The molecule has 0 aliphatic carbocycles. The maximum absolute atomic E-state index is 10.8. The van der Waals surface area contributed by atoms with Gasteiger partial charge in [-0.15, -0.1) is 21.5 Å². The van der Waals surface area contributed by atoms with Gasteiger partial charge in [-0.05, 0) is 17.7 Å². The minimum Gasteiger partial charge on any atom is -0.478 e. The van der Waals surface area contributed by atoms with Crippen molar-refractivity contribution in [2.45, 2.75) is 12.8 Å². The van der Waals surface area contributed by atoms with Crippen LogP contribution in [0.15, 0.2) is 24.3 Å². The summed E-state index contributed by atoms with van der Waals surface area (Å²) in [6, 6.07) is 6.77. The summed E-state index contributed by atoms with van der Waals surface area (Å²) < 4.78 is 0. The molecule has 1 aromatic carbocycles. The highest BCUT2D eigenvalue weighted by atomic mass is 32.1. The molecule has 0 radical (unpaired) electrons. The lowest BCUT2D eigenvalue weighted by Gasteiger charge is -1.99. The molecule has 0 spiro atoms. The molecule has 0 unspecified atom stereocenters. The van der Waals surface area contributed by atoms with Crippen molar-refractivity contribution in [3.8, 4) is 0 Å². The summed E-state index contributed by atoms with van der Waals surface area (Å²) in [7, 11) is 0. The summed E-state index contributed by atoms with van der Waals surface area (Å²) in [5.74, 6) is -0.935. The van der Waals surface area contributed by atoms with Gasteiger partial charge < -0.3 is 10.2 Å². The van der Waals surface area contributed by atoms with E-state index in [0.29, 0.717) is 12.8 Å². The van der Waals surface area contributed by atoms with E-state index in [2.05, 4.69) is 10.2 Å². The van der Waals surface area contributed by atoms with Crippen molar-refractivity contribution in [1.29, 1.82) is 0 Å². The van der Waals surface area contributed by atoms with Gasteiger partial charge in [0.25, 0.3) is 0 Å². The van der Waals surface area contributed by atoms with Gasteiger partial charge in [-0.1, -0.05) is 12.1 Å². The molecule has 18 heavy (non-hydrogen) atoms. The van der Waals surface area contributed by atoms with Crippen molar-refractivity contribution in [1.82, 2.24) is 10.2 Å². The zero-order valence-electron chi connectivity index (χ0n) is 9.54. The molecule has 94 valence electrons. The van der Waals surface area contributed by atoms with Crippen molar-refractivity contribution in [3.63, 3.8) is 0 Å². The van der Waals surface area contributed by atoms with Gasteiger partial charge in [0, 0.05) is 19.4 Å². The van der Waals surface area contributed by atoms with E-state index in [-0.39, 0.29) is 12.2 Å². The normalized spacial score (nSPS) is 10.5. The Morgan fingerprint density at radius 3 is 2.78 bits per heavy atom. The number of aromatic nitrogens is 2. The molecule has 0 aliphatic heterocycles. The first-order valence-electron chi connectivity index (χ1n) is 5.43. The number of carboxylic acid groups (broad SMARTS) is 1. The number of benzene rings is 1. The Morgan fingerprint density at radius 2 is 2.06 bits per heavy atom. The second kappa shape index (κ2) is 5.70. The largest absolute Gasteiger partial charge is 0.478 e. The van der Waals surface area contributed by atoms with E-state index in [1.54, 1.807) is 18.2 Å². The number of aliphatic hydroxyl groups is 1. The van der Waals surface area contributed by atoms with Crippen LogP contribution in [0.3, 0.4) is 0 Å².